The third-order valence-corrected chi connectivity index (χ3v) is 11.6. The van der Waals surface area contributed by atoms with Crippen LogP contribution in [0, 0.1) is 27.4 Å². The molecule has 0 saturated carbocycles. The van der Waals surface area contributed by atoms with Crippen LogP contribution in [0.3, 0.4) is 0 Å². The van der Waals surface area contributed by atoms with E-state index in [1.54, 1.807) is 56.3 Å². The van der Waals surface area contributed by atoms with Crippen molar-refractivity contribution in [3.63, 3.8) is 0 Å². The minimum absolute atomic E-state index is 0. The van der Waals surface area contributed by atoms with Crippen molar-refractivity contribution in [2.24, 2.45) is 23.7 Å². The Morgan fingerprint density at radius 1 is 0.644 bits per heavy atom. The van der Waals surface area contributed by atoms with Crippen molar-refractivity contribution >= 4 is 71.6 Å². The summed E-state index contributed by atoms with van der Waals surface area (Å²) in [7, 11) is 1.68. The largest absolute Gasteiger partial charge is 0.480 e. The Morgan fingerprint density at radius 3 is 1.37 bits per heavy atom. The van der Waals surface area contributed by atoms with Crippen LogP contribution in [0.1, 0.15) is 167 Å². The van der Waals surface area contributed by atoms with Crippen LogP contribution in [-0.4, -0.2) is 156 Å². The van der Waals surface area contributed by atoms with Crippen molar-refractivity contribution in [2.75, 3.05) is 39.9 Å². The summed E-state index contributed by atoms with van der Waals surface area (Å²) in [6, 6.07) is -1.06. The van der Waals surface area contributed by atoms with Gasteiger partial charge in [-0.15, -0.1) is 12.4 Å². The highest BCUT2D eigenvalue weighted by atomic mass is 127. The molecule has 4 aliphatic heterocycles. The summed E-state index contributed by atoms with van der Waals surface area (Å²) in [5.74, 6) is 2.22. The van der Waals surface area contributed by atoms with Gasteiger partial charge in [0.15, 0.2) is 0 Å². The molecule has 4 aliphatic rings. The Hall–Kier alpha value is -4.38. The van der Waals surface area contributed by atoms with Gasteiger partial charge in [-0.05, 0) is 162 Å². The van der Waals surface area contributed by atoms with Crippen molar-refractivity contribution in [1.82, 2.24) is 39.5 Å². The molecule has 0 bridgehead atoms. The van der Waals surface area contributed by atoms with E-state index in [0.717, 1.165) is 60.6 Å². The maximum Gasteiger partial charge on any atom is 0.411 e. The molecule has 418 valence electrons. The first-order chi connectivity index (χ1) is 33.1. The number of aliphatic carboxylic acids is 1. The fourth-order valence-corrected chi connectivity index (χ4v) is 8.56. The SMILES string of the molecule is CCOC.C[C@H]1CC(C(=O)O)N(C(=O)OC(C)(C)C)C1.C[C@H]1CC(C=O)N(C(=O)OC(C)(C)C)C1.C[C@H]1CC(c2ncc(I)[nH]2)N(C(=O)OC(C)(C)C)C1.C[C@H]1CC(c2ncc[nH]2)N(C(=O)OC(C)(C)C)C1.Cl. The highest BCUT2D eigenvalue weighted by Crippen LogP contribution is 2.36. The van der Waals surface area contributed by atoms with Gasteiger partial charge in [0.25, 0.3) is 0 Å². The number of nitrogens with one attached hydrogen (secondary N) is 2. The van der Waals surface area contributed by atoms with Crippen LogP contribution in [0.2, 0.25) is 0 Å². The van der Waals surface area contributed by atoms with Gasteiger partial charge in [-0.2, -0.15) is 0 Å². The number of amides is 4. The van der Waals surface area contributed by atoms with Gasteiger partial charge in [-0.25, -0.2) is 33.9 Å². The fourth-order valence-electron chi connectivity index (χ4n) is 8.14. The summed E-state index contributed by atoms with van der Waals surface area (Å²) in [5.41, 5.74) is -2.02. The van der Waals surface area contributed by atoms with Gasteiger partial charge < -0.3 is 43.6 Å². The van der Waals surface area contributed by atoms with E-state index >= 15 is 0 Å². The van der Waals surface area contributed by atoms with E-state index in [-0.39, 0.29) is 54.7 Å². The molecule has 2 aromatic heterocycles. The van der Waals surface area contributed by atoms with Crippen molar-refractivity contribution in [3.8, 4) is 0 Å². The topological polar surface area (TPSA) is 239 Å². The van der Waals surface area contributed by atoms with Crippen LogP contribution < -0.4 is 0 Å². The molecule has 6 heterocycles. The molecule has 4 saturated heterocycles. The highest BCUT2D eigenvalue weighted by Gasteiger charge is 2.41. The summed E-state index contributed by atoms with van der Waals surface area (Å²) in [4.78, 5) is 91.0. The lowest BCUT2D eigenvalue weighted by atomic mass is 10.1. The fraction of sp³-hybridized carbons (Fsp3) is 0.765. The first-order valence-corrected chi connectivity index (χ1v) is 26.0. The van der Waals surface area contributed by atoms with Gasteiger partial charge in [0.05, 0.1) is 28.0 Å². The van der Waals surface area contributed by atoms with Gasteiger partial charge in [0.2, 0.25) is 0 Å². The number of carboxylic acid groups (broad SMARTS) is 1. The van der Waals surface area contributed by atoms with Crippen molar-refractivity contribution < 1.29 is 57.6 Å². The zero-order chi connectivity index (χ0) is 55.1. The maximum absolute atomic E-state index is 12.3. The number of hydrogen-bond donors (Lipinski definition) is 3. The van der Waals surface area contributed by atoms with Crippen LogP contribution in [-0.2, 0) is 33.3 Å². The summed E-state index contributed by atoms with van der Waals surface area (Å²) >= 11 is 2.19. The zero-order valence-electron chi connectivity index (χ0n) is 46.7. The van der Waals surface area contributed by atoms with Gasteiger partial charge in [0.1, 0.15) is 46.4 Å². The quantitative estimate of drug-likeness (QED) is 0.143. The lowest BCUT2D eigenvalue weighted by Gasteiger charge is -2.27. The number of carboxylic acids is 1. The molecule has 8 atom stereocenters. The van der Waals surface area contributed by atoms with E-state index in [1.165, 1.54) is 9.80 Å². The number of rotatable bonds is 5. The number of aromatic nitrogens is 4. The summed E-state index contributed by atoms with van der Waals surface area (Å²) in [5, 5.41) is 9.00. The lowest BCUT2D eigenvalue weighted by Crippen LogP contribution is -2.43. The predicted molar refractivity (Wildman–Crippen MR) is 288 cm³/mol. The molecular weight excluding hydrogens is 1080 g/mol. The average molecular weight is 1170 g/mol. The number of halogens is 2. The summed E-state index contributed by atoms with van der Waals surface area (Å²) in [6.45, 7) is 35.6. The Labute approximate surface area is 454 Å². The van der Waals surface area contributed by atoms with Gasteiger partial charge >= 0.3 is 30.3 Å². The monoisotopic (exact) mass is 1170 g/mol. The first kappa shape index (κ1) is 66.6. The molecule has 2 aromatic rings. The number of methoxy groups -OCH3 is 1. The third-order valence-electron chi connectivity index (χ3n) is 11.0. The predicted octanol–water partition coefficient (Wildman–Crippen LogP) is 10.7. The molecule has 0 spiro atoms. The van der Waals surface area contributed by atoms with E-state index in [4.69, 9.17) is 24.1 Å². The molecule has 73 heavy (non-hydrogen) atoms. The number of ether oxygens (including phenoxy) is 5. The smallest absolute Gasteiger partial charge is 0.411 e. The normalized spacial score (nSPS) is 23.7. The Kier molecular flexibility index (Phi) is 26.5. The zero-order valence-corrected chi connectivity index (χ0v) is 49.7. The van der Waals surface area contributed by atoms with Crippen LogP contribution in [0.5, 0.6) is 0 Å². The van der Waals surface area contributed by atoms with Crippen LogP contribution in [0.4, 0.5) is 19.2 Å². The molecule has 4 unspecified atom stereocenters. The van der Waals surface area contributed by atoms with Crippen molar-refractivity contribution in [2.45, 2.75) is 190 Å². The number of carbonyl (C=O) groups is 6. The standard InChI is InChI=1S/C13H20IN3O2.C13H21N3O2.C11H19NO4.C11H19NO3.C3H8O.ClH/c1-8-5-9(11-15-6-10(14)16-11)17(7-8)12(18)19-13(2,3)4;1-9-7-10(11-14-5-6-15-11)16(8-9)12(17)18-13(2,3)4;1-7-5-8(9(13)14)12(6-7)10(15)16-11(2,3)4;1-8-5-9(7-13)12(6-8)10(14)15-11(2,3)4;1-3-4-2;/h6,8-9H,5,7H2,1-4H3,(H,15,16);5-6,9-10H,7-8H2,1-4H3,(H,14,15);7-8H,5-6H2,1-4H3,(H,13,14);7-9H,5-6H2,1-4H3;3H2,1-2H3;1H/t8-,9?;9-,10?;7-,8?;8-,9?;;/m0000../s1. The molecule has 4 amide bonds. The number of aldehydes is 1. The highest BCUT2D eigenvalue weighted by molar-refractivity contribution is 14.1. The van der Waals surface area contributed by atoms with Gasteiger partial charge in [0, 0.05) is 52.3 Å². The third kappa shape index (κ3) is 23.8. The second-order valence-electron chi connectivity index (χ2n) is 23.2. The number of imidazole rings is 2. The lowest BCUT2D eigenvalue weighted by molar-refractivity contribution is -0.142. The van der Waals surface area contributed by atoms with E-state index in [1.807, 2.05) is 83.1 Å². The molecule has 0 radical (unpaired) electrons. The molecular formula is C51H88ClIN8O12. The van der Waals surface area contributed by atoms with Crippen LogP contribution in [0.25, 0.3) is 0 Å². The van der Waals surface area contributed by atoms with Crippen molar-refractivity contribution in [3.05, 3.63) is 33.9 Å². The number of H-pyrrole nitrogens is 2. The number of likely N-dealkylation sites (tertiary alicyclic amines) is 4. The van der Waals surface area contributed by atoms with E-state index in [0.29, 0.717) is 37.3 Å². The maximum atomic E-state index is 12.3. The Bertz CT molecular complexity index is 2030. The van der Waals surface area contributed by atoms with Crippen LogP contribution >= 0.6 is 35.0 Å². The Morgan fingerprint density at radius 2 is 1.01 bits per heavy atom. The first-order valence-electron chi connectivity index (χ1n) is 24.9. The van der Waals surface area contributed by atoms with Gasteiger partial charge in [-0.1, -0.05) is 27.7 Å². The number of nitrogens with zero attached hydrogens (tertiary/aromatic N) is 6. The number of carbonyl (C=O) groups excluding carboxylic acids is 5. The second-order valence-corrected chi connectivity index (χ2v) is 24.3. The second kappa shape index (κ2) is 29.1. The summed E-state index contributed by atoms with van der Waals surface area (Å²) in [6.07, 6.45) is 7.75. The minimum Gasteiger partial charge on any atom is -0.480 e. The van der Waals surface area contributed by atoms with Crippen molar-refractivity contribution in [1.29, 1.82) is 0 Å². The molecule has 0 aliphatic carbocycles. The molecule has 3 N–H and O–H groups in total. The number of hydrogen-bond acceptors (Lipinski definition) is 13. The Balaban J connectivity index is 0.000000474. The molecule has 4 fully saturated rings. The van der Waals surface area contributed by atoms with E-state index in [2.05, 4.69) is 61.1 Å². The average Bonchev–Trinajstić information content (AvgIpc) is 4.09. The molecule has 20 nitrogen and oxygen atoms in total. The molecule has 6 rings (SSSR count). The van der Waals surface area contributed by atoms with Gasteiger partial charge in [-0.3, -0.25) is 19.6 Å². The minimum atomic E-state index is -0.963. The summed E-state index contributed by atoms with van der Waals surface area (Å²) < 4.78 is 26.8. The van der Waals surface area contributed by atoms with Crippen LogP contribution in [0.15, 0.2) is 18.6 Å². The number of aromatic amines is 2. The molecule has 0 aromatic carbocycles. The molecule has 22 heteroatoms. The van der Waals surface area contributed by atoms with E-state index in [9.17, 15) is 28.8 Å². The van der Waals surface area contributed by atoms with E-state index < -0.39 is 40.5 Å².